The number of hydrogen-bond acceptors (Lipinski definition) is 4. The van der Waals surface area contributed by atoms with Crippen LogP contribution in [0.15, 0.2) is 23.8 Å². The molecule has 0 saturated carbocycles. The van der Waals surface area contributed by atoms with Crippen LogP contribution < -0.4 is 0 Å². The van der Waals surface area contributed by atoms with Gasteiger partial charge in [-0.1, -0.05) is 0 Å². The summed E-state index contributed by atoms with van der Waals surface area (Å²) in [5, 5.41) is 10.9. The molecule has 2 aromatic heterocycles. The minimum atomic E-state index is 0.509. The molecule has 2 rings (SSSR count). The average Bonchev–Trinajstić information content (AvgIpc) is 2.96. The van der Waals surface area contributed by atoms with Gasteiger partial charge in [0, 0.05) is 24.6 Å². The zero-order chi connectivity index (χ0) is 12.1. The second-order valence-corrected chi connectivity index (χ2v) is 4.41. The molecule has 0 aliphatic carbocycles. The predicted molar refractivity (Wildman–Crippen MR) is 65.7 cm³/mol. The molecule has 0 atom stereocenters. The van der Waals surface area contributed by atoms with E-state index in [2.05, 4.69) is 11.1 Å². The first-order valence-electron chi connectivity index (χ1n) is 5.39. The van der Waals surface area contributed by atoms with Crippen LogP contribution in [0, 0.1) is 11.3 Å². The number of imidazole rings is 1. The molecule has 0 spiro atoms. The summed E-state index contributed by atoms with van der Waals surface area (Å²) in [6.07, 6.45) is 3.67. The van der Waals surface area contributed by atoms with Gasteiger partial charge in [-0.3, -0.25) is 0 Å². The van der Waals surface area contributed by atoms with Crippen molar-refractivity contribution in [3.05, 3.63) is 40.1 Å². The summed E-state index contributed by atoms with van der Waals surface area (Å²) >= 11 is 1.47. The molecule has 0 saturated heterocycles. The molecule has 0 N–H and O–H groups in total. The van der Waals surface area contributed by atoms with Gasteiger partial charge in [0.25, 0.3) is 0 Å². The van der Waals surface area contributed by atoms with Crippen molar-refractivity contribution in [1.29, 1.82) is 5.26 Å². The van der Waals surface area contributed by atoms with Gasteiger partial charge in [-0.05, 0) is 18.4 Å². The van der Waals surface area contributed by atoms with Gasteiger partial charge in [-0.15, -0.1) is 11.3 Å². The number of rotatable bonds is 5. The highest BCUT2D eigenvalue weighted by atomic mass is 32.1. The Morgan fingerprint density at radius 2 is 2.47 bits per heavy atom. The van der Waals surface area contributed by atoms with Crippen molar-refractivity contribution in [2.75, 3.05) is 6.61 Å². The maximum Gasteiger partial charge on any atom is 0.135 e. The molecule has 0 bridgehead atoms. The van der Waals surface area contributed by atoms with Crippen LogP contribution >= 0.6 is 11.3 Å². The highest BCUT2D eigenvalue weighted by Gasteiger charge is 2.07. The van der Waals surface area contributed by atoms with Crippen molar-refractivity contribution in [3.8, 4) is 6.07 Å². The molecule has 2 heterocycles. The maximum atomic E-state index is 8.96. The van der Waals surface area contributed by atoms with Gasteiger partial charge < -0.3 is 9.30 Å². The van der Waals surface area contributed by atoms with Gasteiger partial charge in [-0.25, -0.2) is 4.98 Å². The van der Waals surface area contributed by atoms with E-state index >= 15 is 0 Å². The molecule has 5 heteroatoms. The molecule has 0 aromatic carbocycles. The van der Waals surface area contributed by atoms with E-state index in [1.165, 1.54) is 11.3 Å². The summed E-state index contributed by atoms with van der Waals surface area (Å²) in [5.41, 5.74) is 1.04. The Balaban J connectivity index is 2.14. The van der Waals surface area contributed by atoms with Gasteiger partial charge >= 0.3 is 0 Å². The summed E-state index contributed by atoms with van der Waals surface area (Å²) in [7, 11) is 0. The zero-order valence-corrected chi connectivity index (χ0v) is 10.4. The third kappa shape index (κ3) is 2.73. The fourth-order valence-corrected chi connectivity index (χ4v) is 2.26. The first kappa shape index (κ1) is 11.8. The topological polar surface area (TPSA) is 50.8 Å². The van der Waals surface area contributed by atoms with Crippen molar-refractivity contribution in [2.24, 2.45) is 0 Å². The first-order chi connectivity index (χ1) is 8.35. The maximum absolute atomic E-state index is 8.96. The summed E-state index contributed by atoms with van der Waals surface area (Å²) in [4.78, 5) is 5.01. The standard InChI is InChI=1S/C12H13N3OS/c1-2-16-9-12-14-4-5-15(12)8-10-3-6-17-11(10)7-13/h3-6H,2,8-9H2,1H3. The smallest absolute Gasteiger partial charge is 0.135 e. The normalized spacial score (nSPS) is 10.4. The Hall–Kier alpha value is -1.64. The monoisotopic (exact) mass is 247 g/mol. The van der Waals surface area contributed by atoms with Crippen molar-refractivity contribution < 1.29 is 4.74 Å². The van der Waals surface area contributed by atoms with Crippen molar-refractivity contribution in [1.82, 2.24) is 9.55 Å². The number of aromatic nitrogens is 2. The molecule has 0 fully saturated rings. The number of hydrogen-bond donors (Lipinski definition) is 0. The lowest BCUT2D eigenvalue weighted by Crippen LogP contribution is -2.06. The predicted octanol–water partition coefficient (Wildman–Crippen LogP) is 2.40. The van der Waals surface area contributed by atoms with Crippen LogP contribution in [0.5, 0.6) is 0 Å². The highest BCUT2D eigenvalue weighted by molar-refractivity contribution is 7.10. The third-order valence-corrected chi connectivity index (χ3v) is 3.29. The van der Waals surface area contributed by atoms with Crippen LogP contribution in [0.4, 0.5) is 0 Å². The lowest BCUT2D eigenvalue weighted by atomic mass is 10.2. The second kappa shape index (κ2) is 5.62. The van der Waals surface area contributed by atoms with Gasteiger partial charge in [0.15, 0.2) is 0 Å². The number of nitriles is 1. The summed E-state index contributed by atoms with van der Waals surface area (Å²) < 4.78 is 7.36. The second-order valence-electron chi connectivity index (χ2n) is 3.50. The Morgan fingerprint density at radius 3 is 3.24 bits per heavy atom. The molecule has 2 aromatic rings. The van der Waals surface area contributed by atoms with Crippen LogP contribution in [0.1, 0.15) is 23.2 Å². The van der Waals surface area contributed by atoms with Gasteiger partial charge in [0.05, 0.1) is 6.54 Å². The Bertz CT molecular complexity index is 524. The van der Waals surface area contributed by atoms with Crippen LogP contribution in [0.2, 0.25) is 0 Å². The van der Waals surface area contributed by atoms with Crippen LogP contribution in [-0.2, 0) is 17.9 Å². The molecule has 88 valence electrons. The molecule has 0 aliphatic heterocycles. The van der Waals surface area contributed by atoms with Crippen molar-refractivity contribution >= 4 is 11.3 Å². The van der Waals surface area contributed by atoms with E-state index < -0.39 is 0 Å². The zero-order valence-electron chi connectivity index (χ0n) is 9.59. The number of nitrogens with zero attached hydrogens (tertiary/aromatic N) is 3. The summed E-state index contributed by atoms with van der Waals surface area (Å²) in [5.74, 6) is 0.891. The Labute approximate surface area is 104 Å². The van der Waals surface area contributed by atoms with Crippen LogP contribution in [-0.4, -0.2) is 16.2 Å². The molecule has 0 radical (unpaired) electrons. The van der Waals surface area contributed by atoms with Crippen molar-refractivity contribution in [2.45, 2.75) is 20.1 Å². The van der Waals surface area contributed by atoms with Crippen LogP contribution in [0.3, 0.4) is 0 Å². The van der Waals surface area contributed by atoms with E-state index in [4.69, 9.17) is 10.00 Å². The Morgan fingerprint density at radius 1 is 1.59 bits per heavy atom. The minimum absolute atomic E-state index is 0.509. The van der Waals surface area contributed by atoms with E-state index in [0.29, 0.717) is 19.8 Å². The highest BCUT2D eigenvalue weighted by Crippen LogP contribution is 2.17. The van der Waals surface area contributed by atoms with Crippen LogP contribution in [0.25, 0.3) is 0 Å². The Kier molecular flexibility index (Phi) is 3.91. The molecule has 0 aliphatic rings. The largest absolute Gasteiger partial charge is 0.374 e. The minimum Gasteiger partial charge on any atom is -0.374 e. The fraction of sp³-hybridized carbons (Fsp3) is 0.333. The lowest BCUT2D eigenvalue weighted by molar-refractivity contribution is 0.126. The average molecular weight is 247 g/mol. The van der Waals surface area contributed by atoms with E-state index in [-0.39, 0.29) is 0 Å². The van der Waals surface area contributed by atoms with E-state index in [1.807, 2.05) is 29.1 Å². The molecule has 17 heavy (non-hydrogen) atoms. The SMILES string of the molecule is CCOCc1nccn1Cc1ccsc1C#N. The molecule has 0 amide bonds. The quantitative estimate of drug-likeness (QED) is 0.815. The summed E-state index contributed by atoms with van der Waals surface area (Å²) in [6.45, 7) is 3.82. The van der Waals surface area contributed by atoms with Gasteiger partial charge in [0.1, 0.15) is 23.4 Å². The lowest BCUT2D eigenvalue weighted by Gasteiger charge is -2.06. The number of ether oxygens (including phenoxy) is 1. The third-order valence-electron chi connectivity index (χ3n) is 2.43. The molecular weight excluding hydrogens is 234 g/mol. The van der Waals surface area contributed by atoms with E-state index in [1.54, 1.807) is 6.20 Å². The number of thiophene rings is 1. The first-order valence-corrected chi connectivity index (χ1v) is 6.27. The fourth-order valence-electron chi connectivity index (χ4n) is 1.56. The van der Waals surface area contributed by atoms with E-state index in [9.17, 15) is 0 Å². The molecule has 0 unspecified atom stereocenters. The molecular formula is C12H13N3OS. The summed E-state index contributed by atoms with van der Waals surface area (Å²) in [6, 6.07) is 4.18. The van der Waals surface area contributed by atoms with Gasteiger partial charge in [-0.2, -0.15) is 5.26 Å². The molecule has 4 nitrogen and oxygen atoms in total. The van der Waals surface area contributed by atoms with Crippen molar-refractivity contribution in [3.63, 3.8) is 0 Å². The van der Waals surface area contributed by atoms with Gasteiger partial charge in [0.2, 0.25) is 0 Å². The van der Waals surface area contributed by atoms with E-state index in [0.717, 1.165) is 16.3 Å².